The molecule has 3 aromatic heterocycles. The average molecular weight is 463 g/mol. The standard InChI is InChI=1S/C28H26N6O/c1-17-32-33-23-14-13-22-26(34(17)23)31-25(18-5-3-2-4-6-18)24(30-22)19-7-9-20(10-8-19)27(29)15-28(35,16-27)21-11-12-21/h2-10,13-14,21,35H,11-12,15-16,29H2,1H3. The molecule has 2 saturated carbocycles. The van der Waals surface area contributed by atoms with E-state index >= 15 is 0 Å². The van der Waals surface area contributed by atoms with Gasteiger partial charge in [-0.05, 0) is 56.2 Å². The molecule has 2 aliphatic rings. The number of aliphatic hydroxyl groups is 1. The van der Waals surface area contributed by atoms with Crippen LogP contribution in [0.5, 0.6) is 0 Å². The quantitative estimate of drug-likeness (QED) is 0.410. The Kier molecular flexibility index (Phi) is 4.23. The van der Waals surface area contributed by atoms with Crippen LogP contribution in [-0.2, 0) is 5.54 Å². The van der Waals surface area contributed by atoms with E-state index < -0.39 is 11.1 Å². The van der Waals surface area contributed by atoms with Crippen molar-refractivity contribution in [1.29, 1.82) is 0 Å². The van der Waals surface area contributed by atoms with Gasteiger partial charge in [0, 0.05) is 16.7 Å². The van der Waals surface area contributed by atoms with Crippen LogP contribution in [0, 0.1) is 12.8 Å². The number of hydrogen-bond acceptors (Lipinski definition) is 6. The smallest absolute Gasteiger partial charge is 0.166 e. The molecule has 2 fully saturated rings. The fourth-order valence-corrected chi connectivity index (χ4v) is 5.73. The topological polar surface area (TPSA) is 102 Å². The third-order valence-corrected chi connectivity index (χ3v) is 7.72. The third-order valence-electron chi connectivity index (χ3n) is 7.72. The number of nitrogens with zero attached hydrogens (tertiary/aromatic N) is 5. The first kappa shape index (κ1) is 20.7. The van der Waals surface area contributed by atoms with Crippen LogP contribution in [0.1, 0.15) is 37.1 Å². The van der Waals surface area contributed by atoms with Crippen molar-refractivity contribution in [3.63, 3.8) is 0 Å². The summed E-state index contributed by atoms with van der Waals surface area (Å²) >= 11 is 0. The van der Waals surface area contributed by atoms with Gasteiger partial charge in [0.2, 0.25) is 0 Å². The monoisotopic (exact) mass is 462 g/mol. The minimum atomic E-state index is -0.580. The van der Waals surface area contributed by atoms with Crippen molar-refractivity contribution >= 4 is 16.8 Å². The average Bonchev–Trinajstić information content (AvgIpc) is 3.66. The SMILES string of the molecule is Cc1nnc2ccc3nc(-c4ccc(C5(N)CC(O)(C6CC6)C5)cc4)c(-c4ccccc4)nc3n12. The molecule has 7 heteroatoms. The third kappa shape index (κ3) is 3.19. The summed E-state index contributed by atoms with van der Waals surface area (Å²) in [5.41, 5.74) is 12.6. The number of benzene rings is 2. The van der Waals surface area contributed by atoms with Crippen LogP contribution in [0.25, 0.3) is 39.3 Å². The molecule has 0 radical (unpaired) electrons. The molecular weight excluding hydrogens is 436 g/mol. The molecule has 5 aromatic rings. The second kappa shape index (κ2) is 7.16. The van der Waals surface area contributed by atoms with E-state index in [0.717, 1.165) is 63.6 Å². The van der Waals surface area contributed by atoms with E-state index in [9.17, 15) is 5.11 Å². The normalized spacial score (nSPS) is 24.1. The molecule has 0 saturated heterocycles. The van der Waals surface area contributed by atoms with Crippen LogP contribution in [-0.4, -0.2) is 35.3 Å². The Labute approximate surface area is 202 Å². The number of fused-ring (bicyclic) bond motifs is 3. The molecule has 0 atom stereocenters. The van der Waals surface area contributed by atoms with Crippen molar-refractivity contribution in [2.45, 2.75) is 43.7 Å². The number of pyridine rings is 1. The summed E-state index contributed by atoms with van der Waals surface area (Å²) in [4.78, 5) is 10.2. The van der Waals surface area contributed by atoms with Crippen molar-refractivity contribution in [2.75, 3.05) is 0 Å². The Morgan fingerprint density at radius 3 is 2.26 bits per heavy atom. The summed E-state index contributed by atoms with van der Waals surface area (Å²) in [6.45, 7) is 1.92. The molecule has 2 aliphatic carbocycles. The number of aromatic nitrogens is 5. The predicted octanol–water partition coefficient (Wildman–Crippen LogP) is 4.40. The first-order valence-corrected chi connectivity index (χ1v) is 12.1. The highest BCUT2D eigenvalue weighted by Gasteiger charge is 2.58. The first-order chi connectivity index (χ1) is 16.9. The minimum absolute atomic E-state index is 0.431. The van der Waals surface area contributed by atoms with Gasteiger partial charge in [-0.1, -0.05) is 54.6 Å². The van der Waals surface area contributed by atoms with Crippen LogP contribution in [0.15, 0.2) is 66.7 Å². The Morgan fingerprint density at radius 1 is 0.857 bits per heavy atom. The summed E-state index contributed by atoms with van der Waals surface area (Å²) in [7, 11) is 0. The van der Waals surface area contributed by atoms with Crippen molar-refractivity contribution in [3.05, 3.63) is 78.1 Å². The maximum Gasteiger partial charge on any atom is 0.166 e. The van der Waals surface area contributed by atoms with Crippen LogP contribution in [0.4, 0.5) is 0 Å². The Morgan fingerprint density at radius 2 is 1.54 bits per heavy atom. The van der Waals surface area contributed by atoms with Gasteiger partial charge in [-0.3, -0.25) is 4.40 Å². The summed E-state index contributed by atoms with van der Waals surface area (Å²) in [5, 5.41) is 19.3. The predicted molar refractivity (Wildman–Crippen MR) is 134 cm³/mol. The fraction of sp³-hybridized carbons (Fsp3) is 0.286. The van der Waals surface area contributed by atoms with E-state index in [1.165, 1.54) is 0 Å². The lowest BCUT2D eigenvalue weighted by atomic mass is 9.60. The largest absolute Gasteiger partial charge is 0.389 e. The zero-order valence-corrected chi connectivity index (χ0v) is 19.5. The van der Waals surface area contributed by atoms with E-state index in [1.54, 1.807) is 0 Å². The molecule has 0 spiro atoms. The molecule has 0 unspecified atom stereocenters. The molecule has 3 heterocycles. The minimum Gasteiger partial charge on any atom is -0.389 e. The lowest BCUT2D eigenvalue weighted by molar-refractivity contribution is -0.106. The van der Waals surface area contributed by atoms with Crippen LogP contribution >= 0.6 is 0 Å². The number of nitrogens with two attached hydrogens (primary N) is 1. The van der Waals surface area contributed by atoms with Gasteiger partial charge in [0.15, 0.2) is 11.3 Å². The number of hydrogen-bond donors (Lipinski definition) is 2. The summed E-state index contributed by atoms with van der Waals surface area (Å²) in [5.74, 6) is 1.21. The zero-order valence-electron chi connectivity index (χ0n) is 19.5. The van der Waals surface area contributed by atoms with Crippen LogP contribution in [0.2, 0.25) is 0 Å². The maximum absolute atomic E-state index is 10.8. The molecule has 7 rings (SSSR count). The Hall–Kier alpha value is -3.68. The molecule has 0 aliphatic heterocycles. The molecule has 3 N–H and O–H groups in total. The first-order valence-electron chi connectivity index (χ1n) is 12.1. The molecule has 35 heavy (non-hydrogen) atoms. The molecule has 0 bridgehead atoms. The van der Waals surface area contributed by atoms with Gasteiger partial charge in [-0.2, -0.15) is 0 Å². The lowest BCUT2D eigenvalue weighted by Crippen LogP contribution is -2.60. The second-order valence-corrected chi connectivity index (χ2v) is 10.2. The highest BCUT2D eigenvalue weighted by molar-refractivity contribution is 5.86. The molecule has 7 nitrogen and oxygen atoms in total. The summed E-state index contributed by atoms with van der Waals surface area (Å²) < 4.78 is 1.94. The van der Waals surface area contributed by atoms with E-state index in [-0.39, 0.29) is 0 Å². The van der Waals surface area contributed by atoms with Crippen LogP contribution < -0.4 is 5.73 Å². The van der Waals surface area contributed by atoms with Gasteiger partial charge in [-0.15, -0.1) is 10.2 Å². The van der Waals surface area contributed by atoms with E-state index in [2.05, 4.69) is 46.6 Å². The van der Waals surface area contributed by atoms with Gasteiger partial charge >= 0.3 is 0 Å². The molecule has 0 amide bonds. The molecule has 174 valence electrons. The highest BCUT2D eigenvalue weighted by Crippen LogP contribution is 2.57. The van der Waals surface area contributed by atoms with Gasteiger partial charge in [0.25, 0.3) is 0 Å². The summed E-state index contributed by atoms with van der Waals surface area (Å²) in [6, 6.07) is 22.3. The molecular formula is C28H26N6O. The lowest BCUT2D eigenvalue weighted by Gasteiger charge is -2.52. The molecule has 2 aromatic carbocycles. The van der Waals surface area contributed by atoms with E-state index in [4.69, 9.17) is 15.7 Å². The Bertz CT molecular complexity index is 1580. The number of rotatable bonds is 4. The fourth-order valence-electron chi connectivity index (χ4n) is 5.73. The van der Waals surface area contributed by atoms with Crippen molar-refractivity contribution < 1.29 is 5.11 Å². The highest BCUT2D eigenvalue weighted by atomic mass is 16.3. The van der Waals surface area contributed by atoms with Crippen molar-refractivity contribution in [1.82, 2.24) is 24.6 Å². The van der Waals surface area contributed by atoms with E-state index in [1.807, 2.05) is 41.7 Å². The van der Waals surface area contributed by atoms with Gasteiger partial charge in [-0.25, -0.2) is 9.97 Å². The second-order valence-electron chi connectivity index (χ2n) is 10.2. The van der Waals surface area contributed by atoms with Crippen molar-refractivity contribution in [2.24, 2.45) is 11.7 Å². The van der Waals surface area contributed by atoms with Crippen molar-refractivity contribution in [3.8, 4) is 22.5 Å². The number of aryl methyl sites for hydroxylation is 1. The van der Waals surface area contributed by atoms with Gasteiger partial charge in [0.05, 0.1) is 17.0 Å². The Balaban J connectivity index is 1.34. The zero-order chi connectivity index (χ0) is 23.8. The van der Waals surface area contributed by atoms with Gasteiger partial charge < -0.3 is 10.8 Å². The van der Waals surface area contributed by atoms with Crippen LogP contribution in [0.3, 0.4) is 0 Å². The van der Waals surface area contributed by atoms with Gasteiger partial charge in [0.1, 0.15) is 11.3 Å². The maximum atomic E-state index is 10.8. The summed E-state index contributed by atoms with van der Waals surface area (Å²) in [6.07, 6.45) is 3.50. The van der Waals surface area contributed by atoms with E-state index in [0.29, 0.717) is 18.8 Å².